The summed E-state index contributed by atoms with van der Waals surface area (Å²) in [4.78, 5) is 28.1. The van der Waals surface area contributed by atoms with Crippen LogP contribution in [0.4, 0.5) is 5.69 Å². The van der Waals surface area contributed by atoms with Gasteiger partial charge in [-0.3, -0.25) is 9.59 Å². The number of likely N-dealkylation sites (N-methyl/N-ethyl adjacent to an activating group) is 1. The number of nitrogens with zero attached hydrogens (tertiary/aromatic N) is 1. The maximum absolute atomic E-state index is 12.6. The van der Waals surface area contributed by atoms with Crippen LogP contribution in [-0.2, 0) is 11.4 Å². The van der Waals surface area contributed by atoms with Crippen molar-refractivity contribution < 1.29 is 23.8 Å². The fraction of sp³-hybridized carbons (Fsp3) is 0.190. The van der Waals surface area contributed by atoms with Crippen molar-refractivity contribution in [3.63, 3.8) is 0 Å². The smallest absolute Gasteiger partial charge is 0.257 e. The largest absolute Gasteiger partial charge is 0.493 e. The molecule has 0 radical (unpaired) electrons. The van der Waals surface area contributed by atoms with Crippen LogP contribution in [0, 0.1) is 0 Å². The van der Waals surface area contributed by atoms with Gasteiger partial charge in [-0.1, -0.05) is 6.07 Å². The molecule has 0 unspecified atom stereocenters. The van der Waals surface area contributed by atoms with Gasteiger partial charge >= 0.3 is 0 Å². The standard InChI is InChI=1S/C21H21N3O5S/c1-22-20(25)11-28-17-5-3-4-15(9-17)24-21(26)14-6-7-18(19(8-14)27-2)29-10-16-12-30-13-23-16/h3-9,12-13H,10-11H2,1-2H3,(H,22,25)(H,24,26). The Hall–Kier alpha value is -3.59. The Morgan fingerprint density at radius 2 is 1.97 bits per heavy atom. The molecule has 0 saturated carbocycles. The second-order valence-corrected chi connectivity index (χ2v) is 6.80. The van der Waals surface area contributed by atoms with Gasteiger partial charge in [0.1, 0.15) is 12.4 Å². The third kappa shape index (κ3) is 5.71. The summed E-state index contributed by atoms with van der Waals surface area (Å²) in [6, 6.07) is 11.7. The van der Waals surface area contributed by atoms with Gasteiger partial charge in [-0.2, -0.15) is 0 Å². The summed E-state index contributed by atoms with van der Waals surface area (Å²) >= 11 is 1.49. The van der Waals surface area contributed by atoms with E-state index in [0.29, 0.717) is 35.1 Å². The number of carbonyl (C=O) groups is 2. The molecule has 0 aliphatic rings. The van der Waals surface area contributed by atoms with Crippen LogP contribution >= 0.6 is 11.3 Å². The van der Waals surface area contributed by atoms with Gasteiger partial charge in [0.05, 0.1) is 18.3 Å². The highest BCUT2D eigenvalue weighted by Crippen LogP contribution is 2.29. The number of hydrogen-bond acceptors (Lipinski definition) is 7. The van der Waals surface area contributed by atoms with Crippen molar-refractivity contribution in [1.82, 2.24) is 10.3 Å². The minimum atomic E-state index is -0.317. The van der Waals surface area contributed by atoms with Crippen molar-refractivity contribution in [3.05, 3.63) is 64.6 Å². The summed E-state index contributed by atoms with van der Waals surface area (Å²) in [5.41, 5.74) is 3.51. The first-order valence-electron chi connectivity index (χ1n) is 9.01. The molecule has 2 amide bonds. The molecule has 0 aliphatic carbocycles. The Morgan fingerprint density at radius 1 is 1.10 bits per heavy atom. The molecule has 0 aliphatic heterocycles. The molecule has 0 spiro atoms. The van der Waals surface area contributed by atoms with Gasteiger partial charge in [0.2, 0.25) is 0 Å². The van der Waals surface area contributed by atoms with Crippen LogP contribution in [0.2, 0.25) is 0 Å². The Bertz CT molecular complexity index is 1010. The number of methoxy groups -OCH3 is 1. The first-order valence-corrected chi connectivity index (χ1v) is 9.96. The molecule has 2 N–H and O–H groups in total. The number of thiazole rings is 1. The van der Waals surface area contributed by atoms with Crippen LogP contribution in [0.15, 0.2) is 53.4 Å². The lowest BCUT2D eigenvalue weighted by molar-refractivity contribution is -0.122. The van der Waals surface area contributed by atoms with Gasteiger partial charge in [-0.15, -0.1) is 11.3 Å². The maximum Gasteiger partial charge on any atom is 0.257 e. The molecule has 9 heteroatoms. The SMILES string of the molecule is CNC(=O)COc1cccc(NC(=O)c2ccc(OCc3cscn3)c(OC)c2)c1. The first kappa shape index (κ1) is 21.1. The molecule has 30 heavy (non-hydrogen) atoms. The number of carbonyl (C=O) groups excluding carboxylic acids is 2. The van der Waals surface area contributed by atoms with E-state index in [2.05, 4.69) is 15.6 Å². The van der Waals surface area contributed by atoms with Crippen LogP contribution in [0.5, 0.6) is 17.2 Å². The minimum absolute atomic E-state index is 0.104. The normalized spacial score (nSPS) is 10.2. The van der Waals surface area contributed by atoms with Crippen LogP contribution in [-0.4, -0.2) is 37.6 Å². The molecule has 0 saturated heterocycles. The highest BCUT2D eigenvalue weighted by atomic mass is 32.1. The second-order valence-electron chi connectivity index (χ2n) is 6.08. The highest BCUT2D eigenvalue weighted by molar-refractivity contribution is 7.07. The minimum Gasteiger partial charge on any atom is -0.493 e. The first-order chi connectivity index (χ1) is 14.6. The van der Waals surface area contributed by atoms with Gasteiger partial charge in [-0.25, -0.2) is 4.98 Å². The van der Waals surface area contributed by atoms with Gasteiger partial charge < -0.3 is 24.8 Å². The third-order valence-electron chi connectivity index (χ3n) is 4.03. The van der Waals surface area contributed by atoms with E-state index in [1.165, 1.54) is 25.5 Å². The lowest BCUT2D eigenvalue weighted by Crippen LogP contribution is -2.24. The molecular weight excluding hydrogens is 406 g/mol. The number of hydrogen-bond donors (Lipinski definition) is 2. The van der Waals surface area contributed by atoms with Crippen molar-refractivity contribution in [2.45, 2.75) is 6.61 Å². The maximum atomic E-state index is 12.6. The Kier molecular flexibility index (Phi) is 7.23. The summed E-state index contributed by atoms with van der Waals surface area (Å²) in [6.45, 7) is 0.210. The highest BCUT2D eigenvalue weighted by Gasteiger charge is 2.13. The fourth-order valence-corrected chi connectivity index (χ4v) is 3.02. The zero-order valence-electron chi connectivity index (χ0n) is 16.5. The zero-order valence-corrected chi connectivity index (χ0v) is 17.3. The number of benzene rings is 2. The van der Waals surface area contributed by atoms with E-state index >= 15 is 0 Å². The van der Waals surface area contributed by atoms with E-state index < -0.39 is 0 Å². The molecule has 8 nitrogen and oxygen atoms in total. The molecule has 1 heterocycles. The van der Waals surface area contributed by atoms with Gasteiger partial charge in [0.15, 0.2) is 18.1 Å². The summed E-state index contributed by atoms with van der Waals surface area (Å²) in [6.07, 6.45) is 0. The lowest BCUT2D eigenvalue weighted by Gasteiger charge is -2.12. The predicted octanol–water partition coefficient (Wildman–Crippen LogP) is 3.11. The molecule has 2 aromatic carbocycles. The predicted molar refractivity (Wildman–Crippen MR) is 113 cm³/mol. The molecule has 0 fully saturated rings. The van der Waals surface area contributed by atoms with Gasteiger partial charge in [0, 0.05) is 29.7 Å². The van der Waals surface area contributed by atoms with E-state index in [4.69, 9.17) is 14.2 Å². The van der Waals surface area contributed by atoms with Crippen LogP contribution in [0.3, 0.4) is 0 Å². The average Bonchev–Trinajstić information content (AvgIpc) is 3.29. The van der Waals surface area contributed by atoms with Crippen molar-refractivity contribution in [1.29, 1.82) is 0 Å². The molecule has 3 rings (SSSR count). The molecule has 3 aromatic rings. The van der Waals surface area contributed by atoms with Gasteiger partial charge in [0.25, 0.3) is 11.8 Å². The van der Waals surface area contributed by atoms with E-state index in [1.807, 2.05) is 5.38 Å². The van der Waals surface area contributed by atoms with Crippen LogP contribution < -0.4 is 24.8 Å². The molecule has 0 atom stereocenters. The zero-order chi connectivity index (χ0) is 21.3. The summed E-state index contributed by atoms with van der Waals surface area (Å²) in [5.74, 6) is 0.878. The topological polar surface area (TPSA) is 98.8 Å². The summed E-state index contributed by atoms with van der Waals surface area (Å²) < 4.78 is 16.5. The lowest BCUT2D eigenvalue weighted by atomic mass is 10.1. The van der Waals surface area contributed by atoms with Crippen molar-refractivity contribution >= 4 is 28.8 Å². The average molecular weight is 427 g/mol. The van der Waals surface area contributed by atoms with E-state index in [9.17, 15) is 9.59 Å². The summed E-state index contributed by atoms with van der Waals surface area (Å²) in [7, 11) is 3.05. The molecule has 1 aromatic heterocycles. The van der Waals surface area contributed by atoms with Crippen molar-refractivity contribution in [2.75, 3.05) is 26.1 Å². The number of anilines is 1. The van der Waals surface area contributed by atoms with Crippen molar-refractivity contribution in [2.24, 2.45) is 0 Å². The number of ether oxygens (including phenoxy) is 3. The molecule has 0 bridgehead atoms. The number of amides is 2. The van der Waals surface area contributed by atoms with Gasteiger partial charge in [-0.05, 0) is 30.3 Å². The van der Waals surface area contributed by atoms with Crippen LogP contribution in [0.1, 0.15) is 16.1 Å². The Balaban J connectivity index is 1.65. The van der Waals surface area contributed by atoms with E-state index in [-0.39, 0.29) is 18.4 Å². The third-order valence-corrected chi connectivity index (χ3v) is 4.66. The Labute approximate surface area is 177 Å². The fourth-order valence-electron chi connectivity index (χ4n) is 2.48. The van der Waals surface area contributed by atoms with E-state index in [1.54, 1.807) is 48.0 Å². The van der Waals surface area contributed by atoms with Crippen molar-refractivity contribution in [3.8, 4) is 17.2 Å². The quantitative estimate of drug-likeness (QED) is 0.544. The Morgan fingerprint density at radius 3 is 2.70 bits per heavy atom. The van der Waals surface area contributed by atoms with E-state index in [0.717, 1.165) is 5.69 Å². The summed E-state index contributed by atoms with van der Waals surface area (Å²) in [5, 5.41) is 7.18. The van der Waals surface area contributed by atoms with Crippen LogP contribution in [0.25, 0.3) is 0 Å². The molecule has 156 valence electrons. The number of nitrogens with one attached hydrogen (secondary N) is 2. The number of rotatable bonds is 9. The monoisotopic (exact) mass is 427 g/mol. The number of aromatic nitrogens is 1. The second kappa shape index (κ2) is 10.3. The molecular formula is C21H21N3O5S.